The molecule has 0 aliphatic heterocycles. The van der Waals surface area contributed by atoms with Gasteiger partial charge in [-0.05, 0) is 12.1 Å². The quantitative estimate of drug-likeness (QED) is 0.631. The van der Waals surface area contributed by atoms with Gasteiger partial charge in [0.05, 0.1) is 11.4 Å². The van der Waals surface area contributed by atoms with Crippen LogP contribution in [0.4, 0.5) is 11.4 Å². The van der Waals surface area contributed by atoms with Crippen LogP contribution >= 0.6 is 0 Å². The van der Waals surface area contributed by atoms with Gasteiger partial charge in [-0.25, -0.2) is 13.4 Å². The van der Waals surface area contributed by atoms with Crippen LogP contribution in [0.5, 0.6) is 11.6 Å². The molecule has 1 aromatic heterocycles. The molecule has 2 rings (SSSR count). The van der Waals surface area contributed by atoms with E-state index in [-0.39, 0.29) is 11.0 Å². The molecule has 0 saturated carbocycles. The van der Waals surface area contributed by atoms with Gasteiger partial charge in [0.15, 0.2) is 0 Å². The van der Waals surface area contributed by atoms with Gasteiger partial charge in [-0.3, -0.25) is 0 Å². The molecule has 4 N–H and O–H groups in total. The van der Waals surface area contributed by atoms with Crippen LogP contribution in [0.15, 0.2) is 35.6 Å². The lowest BCUT2D eigenvalue weighted by Crippen LogP contribution is -2.04. The number of benzene rings is 1. The number of hydrogen-bond acceptors (Lipinski definition) is 7. The van der Waals surface area contributed by atoms with Crippen molar-refractivity contribution in [1.29, 1.82) is 0 Å². The monoisotopic (exact) mass is 280 g/mol. The highest BCUT2D eigenvalue weighted by Gasteiger charge is 2.12. The molecule has 0 amide bonds. The molecule has 8 heteroatoms. The van der Waals surface area contributed by atoms with Gasteiger partial charge < -0.3 is 16.2 Å². The van der Waals surface area contributed by atoms with Crippen LogP contribution in [0.1, 0.15) is 0 Å². The molecule has 1 heterocycles. The normalized spacial score (nSPS) is 11.2. The number of rotatable bonds is 3. The van der Waals surface area contributed by atoms with Gasteiger partial charge in [0.2, 0.25) is 20.9 Å². The molecule has 0 aliphatic rings. The molecule has 0 radical (unpaired) electrons. The summed E-state index contributed by atoms with van der Waals surface area (Å²) in [4.78, 5) is 7.46. The Morgan fingerprint density at radius 2 is 1.89 bits per heavy atom. The number of anilines is 2. The zero-order chi connectivity index (χ0) is 14.0. The summed E-state index contributed by atoms with van der Waals surface area (Å²) in [5.74, 6) is 0.518. The highest BCUT2D eigenvalue weighted by atomic mass is 32.2. The van der Waals surface area contributed by atoms with Crippen molar-refractivity contribution in [2.75, 3.05) is 17.7 Å². The van der Waals surface area contributed by atoms with E-state index >= 15 is 0 Å². The lowest BCUT2D eigenvalue weighted by molar-refractivity contribution is 0.454. The minimum Gasteiger partial charge on any atom is -0.439 e. The largest absolute Gasteiger partial charge is 0.439 e. The van der Waals surface area contributed by atoms with E-state index < -0.39 is 9.84 Å². The minimum atomic E-state index is -3.48. The first-order valence-corrected chi connectivity index (χ1v) is 7.11. The number of nitrogen functional groups attached to an aromatic ring is 2. The fourth-order valence-corrected chi connectivity index (χ4v) is 1.81. The van der Waals surface area contributed by atoms with Gasteiger partial charge in [0.25, 0.3) is 0 Å². The number of nitrogens with zero attached hydrogens (tertiary/aromatic N) is 2. The maximum Gasteiger partial charge on any atom is 0.250 e. The summed E-state index contributed by atoms with van der Waals surface area (Å²) in [5, 5.41) is -0.298. The fourth-order valence-electron chi connectivity index (χ4n) is 1.30. The van der Waals surface area contributed by atoms with Gasteiger partial charge >= 0.3 is 0 Å². The third kappa shape index (κ3) is 3.10. The van der Waals surface area contributed by atoms with Crippen LogP contribution in [-0.4, -0.2) is 24.6 Å². The molecule has 19 heavy (non-hydrogen) atoms. The maximum absolute atomic E-state index is 11.3. The second kappa shape index (κ2) is 4.73. The summed E-state index contributed by atoms with van der Waals surface area (Å²) in [6, 6.07) is 6.16. The Bertz CT molecular complexity index is 716. The molecular formula is C11H12N4O3S. The summed E-state index contributed by atoms with van der Waals surface area (Å²) in [6.45, 7) is 0. The highest BCUT2D eigenvalue weighted by molar-refractivity contribution is 7.90. The first kappa shape index (κ1) is 13.1. The molecule has 0 aliphatic carbocycles. The van der Waals surface area contributed by atoms with Crippen LogP contribution in [0, 0.1) is 0 Å². The van der Waals surface area contributed by atoms with E-state index in [0.717, 1.165) is 6.26 Å². The highest BCUT2D eigenvalue weighted by Crippen LogP contribution is 2.25. The maximum atomic E-state index is 11.3. The number of ether oxygens (including phenoxy) is 1. The van der Waals surface area contributed by atoms with Crippen LogP contribution < -0.4 is 16.2 Å². The Hall–Kier alpha value is -2.35. The Labute approximate surface area is 110 Å². The predicted octanol–water partition coefficient (Wildman–Crippen LogP) is 0.837. The molecule has 0 fully saturated rings. The average Bonchev–Trinajstić information content (AvgIpc) is 2.33. The summed E-state index contributed by atoms with van der Waals surface area (Å²) >= 11 is 0. The molecule has 0 bridgehead atoms. The average molecular weight is 280 g/mol. The smallest absolute Gasteiger partial charge is 0.250 e. The molecule has 0 spiro atoms. The SMILES string of the molecule is CS(=O)(=O)c1nccc(Oc2ccc(N)c(N)c2)n1. The Morgan fingerprint density at radius 1 is 1.16 bits per heavy atom. The van der Waals surface area contributed by atoms with Crippen molar-refractivity contribution in [3.8, 4) is 11.6 Å². The van der Waals surface area contributed by atoms with Crippen LogP contribution in [0.3, 0.4) is 0 Å². The van der Waals surface area contributed by atoms with Crippen LogP contribution in [0.25, 0.3) is 0 Å². The van der Waals surface area contributed by atoms with Crippen LogP contribution in [-0.2, 0) is 9.84 Å². The van der Waals surface area contributed by atoms with Gasteiger partial charge in [0.1, 0.15) is 5.75 Å². The van der Waals surface area contributed by atoms with Crippen molar-refractivity contribution in [2.45, 2.75) is 5.16 Å². The van der Waals surface area contributed by atoms with E-state index in [1.165, 1.54) is 18.3 Å². The van der Waals surface area contributed by atoms with Crippen LogP contribution in [0.2, 0.25) is 0 Å². The second-order valence-electron chi connectivity index (χ2n) is 3.84. The number of sulfone groups is 1. The lowest BCUT2D eigenvalue weighted by atomic mass is 10.2. The first-order valence-electron chi connectivity index (χ1n) is 5.22. The van der Waals surface area contributed by atoms with Crippen molar-refractivity contribution >= 4 is 21.2 Å². The molecular weight excluding hydrogens is 268 g/mol. The molecule has 0 unspecified atom stereocenters. The Balaban J connectivity index is 2.31. The minimum absolute atomic E-state index is 0.111. The molecule has 1 aromatic carbocycles. The number of aromatic nitrogens is 2. The summed E-state index contributed by atoms with van der Waals surface area (Å²) in [6.07, 6.45) is 2.33. The van der Waals surface area contributed by atoms with Gasteiger partial charge in [-0.15, -0.1) is 0 Å². The topological polar surface area (TPSA) is 121 Å². The summed E-state index contributed by atoms with van der Waals surface area (Å²) in [7, 11) is -3.48. The standard InChI is InChI=1S/C11H12N4O3S/c1-19(16,17)11-14-5-4-10(15-11)18-7-2-3-8(12)9(13)6-7/h2-6H,12-13H2,1H3. The zero-order valence-corrected chi connectivity index (χ0v) is 10.9. The predicted molar refractivity (Wildman–Crippen MR) is 70.5 cm³/mol. The molecule has 0 atom stereocenters. The van der Waals surface area contributed by atoms with E-state index in [4.69, 9.17) is 16.2 Å². The van der Waals surface area contributed by atoms with E-state index in [9.17, 15) is 8.42 Å². The molecule has 7 nitrogen and oxygen atoms in total. The zero-order valence-electron chi connectivity index (χ0n) is 10.1. The number of hydrogen-bond donors (Lipinski definition) is 2. The third-order valence-electron chi connectivity index (χ3n) is 2.22. The molecule has 0 saturated heterocycles. The van der Waals surface area contributed by atoms with E-state index in [0.29, 0.717) is 17.1 Å². The Kier molecular flexibility index (Phi) is 3.26. The van der Waals surface area contributed by atoms with Crippen molar-refractivity contribution in [2.24, 2.45) is 0 Å². The lowest BCUT2D eigenvalue weighted by Gasteiger charge is -2.07. The van der Waals surface area contributed by atoms with Gasteiger partial charge in [-0.2, -0.15) is 4.98 Å². The summed E-state index contributed by atoms with van der Waals surface area (Å²) in [5.41, 5.74) is 12.0. The molecule has 100 valence electrons. The van der Waals surface area contributed by atoms with Crippen molar-refractivity contribution in [1.82, 2.24) is 9.97 Å². The second-order valence-corrected chi connectivity index (χ2v) is 5.75. The van der Waals surface area contributed by atoms with Crippen molar-refractivity contribution in [3.63, 3.8) is 0 Å². The third-order valence-corrected chi connectivity index (χ3v) is 3.08. The fraction of sp³-hybridized carbons (Fsp3) is 0.0909. The van der Waals surface area contributed by atoms with Crippen molar-refractivity contribution in [3.05, 3.63) is 30.5 Å². The van der Waals surface area contributed by atoms with E-state index in [1.54, 1.807) is 12.1 Å². The molecule has 2 aromatic rings. The van der Waals surface area contributed by atoms with Gasteiger partial charge in [-0.1, -0.05) is 0 Å². The van der Waals surface area contributed by atoms with Gasteiger partial charge in [0, 0.05) is 24.6 Å². The summed E-state index contributed by atoms with van der Waals surface area (Å²) < 4.78 is 28.0. The first-order chi connectivity index (χ1) is 8.86. The van der Waals surface area contributed by atoms with E-state index in [2.05, 4.69) is 9.97 Å². The van der Waals surface area contributed by atoms with Crippen molar-refractivity contribution < 1.29 is 13.2 Å². The number of nitrogens with two attached hydrogens (primary N) is 2. The Morgan fingerprint density at radius 3 is 2.53 bits per heavy atom. The van der Waals surface area contributed by atoms with E-state index in [1.807, 2.05) is 0 Å².